The van der Waals surface area contributed by atoms with E-state index in [0.717, 1.165) is 39.2 Å². The van der Waals surface area contributed by atoms with E-state index in [1.807, 2.05) is 32.4 Å². The zero-order chi connectivity index (χ0) is 21.3. The molecule has 152 valence electrons. The molecule has 0 saturated carbocycles. The Bertz CT molecular complexity index is 1120. The third-order valence-electron chi connectivity index (χ3n) is 5.57. The first-order chi connectivity index (χ1) is 14.4. The van der Waals surface area contributed by atoms with Crippen molar-refractivity contribution in [3.05, 3.63) is 90.4 Å². The highest BCUT2D eigenvalue weighted by Gasteiger charge is 2.17. The molecule has 3 aromatic carbocycles. The number of nitrogens with one attached hydrogen (secondary N) is 1. The third kappa shape index (κ3) is 3.88. The fourth-order valence-corrected chi connectivity index (χ4v) is 3.77. The van der Waals surface area contributed by atoms with Gasteiger partial charge in [-0.3, -0.25) is 0 Å². The smallest absolute Gasteiger partial charge is 0.123 e. The second kappa shape index (κ2) is 8.19. The van der Waals surface area contributed by atoms with Gasteiger partial charge < -0.3 is 9.88 Å². The summed E-state index contributed by atoms with van der Waals surface area (Å²) in [6, 6.07) is 24.0. The maximum Gasteiger partial charge on any atom is 0.123 e. The monoisotopic (exact) mass is 398 g/mol. The predicted molar refractivity (Wildman–Crippen MR) is 125 cm³/mol. The number of aromatic amines is 1. The second-order valence-corrected chi connectivity index (χ2v) is 8.18. The van der Waals surface area contributed by atoms with Crippen molar-refractivity contribution in [1.29, 1.82) is 0 Å². The molecule has 1 aromatic heterocycles. The van der Waals surface area contributed by atoms with Crippen LogP contribution in [0, 0.1) is 5.82 Å². The SMILES string of the molecule is CC(C)c1ccc(-c2c(-c3ccc(F)cc3)c[nH]c2-c2ccc(N(C)C)cc2)cc1. The Morgan fingerprint density at radius 3 is 1.87 bits per heavy atom. The van der Waals surface area contributed by atoms with Gasteiger partial charge in [-0.25, -0.2) is 4.39 Å². The zero-order valence-corrected chi connectivity index (χ0v) is 17.9. The molecule has 0 aliphatic rings. The first-order valence-corrected chi connectivity index (χ1v) is 10.3. The van der Waals surface area contributed by atoms with E-state index in [1.165, 1.54) is 17.7 Å². The van der Waals surface area contributed by atoms with Gasteiger partial charge in [0.2, 0.25) is 0 Å². The van der Waals surface area contributed by atoms with Crippen LogP contribution < -0.4 is 4.90 Å². The zero-order valence-electron chi connectivity index (χ0n) is 17.9. The second-order valence-electron chi connectivity index (χ2n) is 8.18. The van der Waals surface area contributed by atoms with Crippen LogP contribution in [0.15, 0.2) is 79.0 Å². The summed E-state index contributed by atoms with van der Waals surface area (Å²) >= 11 is 0. The van der Waals surface area contributed by atoms with Gasteiger partial charge in [0.25, 0.3) is 0 Å². The van der Waals surface area contributed by atoms with E-state index in [9.17, 15) is 4.39 Å². The molecule has 0 spiro atoms. The minimum Gasteiger partial charge on any atom is -0.378 e. The van der Waals surface area contributed by atoms with Crippen molar-refractivity contribution in [2.24, 2.45) is 0 Å². The summed E-state index contributed by atoms with van der Waals surface area (Å²) < 4.78 is 13.5. The van der Waals surface area contributed by atoms with Crippen LogP contribution in [-0.4, -0.2) is 19.1 Å². The van der Waals surface area contributed by atoms with Crippen LogP contribution in [0.25, 0.3) is 33.5 Å². The number of hydrogen-bond acceptors (Lipinski definition) is 1. The molecule has 0 amide bonds. The normalized spacial score (nSPS) is 11.1. The molecule has 0 aliphatic carbocycles. The van der Waals surface area contributed by atoms with Gasteiger partial charge in [-0.2, -0.15) is 0 Å². The molecule has 1 heterocycles. The van der Waals surface area contributed by atoms with Crippen molar-refractivity contribution >= 4 is 5.69 Å². The van der Waals surface area contributed by atoms with Gasteiger partial charge in [0.05, 0.1) is 5.69 Å². The molecule has 4 aromatic rings. The van der Waals surface area contributed by atoms with E-state index in [2.05, 4.69) is 72.3 Å². The number of benzene rings is 3. The van der Waals surface area contributed by atoms with Crippen LogP contribution in [0.5, 0.6) is 0 Å². The predicted octanol–water partition coefficient (Wildman–Crippen LogP) is 7.34. The van der Waals surface area contributed by atoms with Crippen molar-refractivity contribution in [3.8, 4) is 33.5 Å². The molecule has 30 heavy (non-hydrogen) atoms. The molecule has 0 fully saturated rings. The Balaban J connectivity index is 1.87. The first-order valence-electron chi connectivity index (χ1n) is 10.3. The summed E-state index contributed by atoms with van der Waals surface area (Å²) in [5.41, 5.74) is 9.00. The molecule has 0 bridgehead atoms. The lowest BCUT2D eigenvalue weighted by Crippen LogP contribution is -2.07. The lowest BCUT2D eigenvalue weighted by atomic mass is 9.92. The van der Waals surface area contributed by atoms with Crippen molar-refractivity contribution in [2.45, 2.75) is 19.8 Å². The highest BCUT2D eigenvalue weighted by molar-refractivity contribution is 5.93. The van der Waals surface area contributed by atoms with Gasteiger partial charge in [-0.05, 0) is 52.4 Å². The Morgan fingerprint density at radius 2 is 1.30 bits per heavy atom. The largest absolute Gasteiger partial charge is 0.378 e. The van der Waals surface area contributed by atoms with Crippen LogP contribution in [-0.2, 0) is 0 Å². The number of aromatic nitrogens is 1. The quantitative estimate of drug-likeness (QED) is 0.372. The van der Waals surface area contributed by atoms with Gasteiger partial charge in [-0.1, -0.05) is 62.4 Å². The minimum absolute atomic E-state index is 0.225. The highest BCUT2D eigenvalue weighted by Crippen LogP contribution is 2.40. The molecule has 3 heteroatoms. The maximum atomic E-state index is 13.5. The average Bonchev–Trinajstić information content (AvgIpc) is 3.19. The van der Waals surface area contributed by atoms with E-state index >= 15 is 0 Å². The fraction of sp³-hybridized carbons (Fsp3) is 0.185. The van der Waals surface area contributed by atoms with Crippen LogP contribution >= 0.6 is 0 Å². The average molecular weight is 399 g/mol. The van der Waals surface area contributed by atoms with E-state index in [1.54, 1.807) is 0 Å². The molecule has 0 saturated heterocycles. The van der Waals surface area contributed by atoms with Crippen LogP contribution in [0.4, 0.5) is 10.1 Å². The summed E-state index contributed by atoms with van der Waals surface area (Å²) in [4.78, 5) is 5.57. The number of nitrogens with zero attached hydrogens (tertiary/aromatic N) is 1. The molecule has 1 N–H and O–H groups in total. The number of H-pyrrole nitrogens is 1. The van der Waals surface area contributed by atoms with Crippen LogP contribution in [0.2, 0.25) is 0 Å². The van der Waals surface area contributed by atoms with Gasteiger partial charge in [0.1, 0.15) is 5.82 Å². The number of rotatable bonds is 5. The summed E-state index contributed by atoms with van der Waals surface area (Å²) in [6.07, 6.45) is 2.02. The number of anilines is 1. The molecule has 0 unspecified atom stereocenters. The number of hydrogen-bond donors (Lipinski definition) is 1. The van der Waals surface area contributed by atoms with Crippen molar-refractivity contribution in [3.63, 3.8) is 0 Å². The molecule has 4 rings (SSSR count). The molecule has 0 atom stereocenters. The number of halogens is 1. The Kier molecular flexibility index (Phi) is 5.45. The van der Waals surface area contributed by atoms with Gasteiger partial charge in [0.15, 0.2) is 0 Å². The lowest BCUT2D eigenvalue weighted by molar-refractivity contribution is 0.628. The Labute approximate surface area is 178 Å². The van der Waals surface area contributed by atoms with E-state index in [0.29, 0.717) is 5.92 Å². The standard InChI is InChI=1S/C27H27FN2/c1-18(2)19-5-7-21(8-6-19)26-25(20-9-13-23(28)14-10-20)17-29-27(26)22-11-15-24(16-12-22)30(3)4/h5-18,29H,1-4H3. The lowest BCUT2D eigenvalue weighted by Gasteiger charge is -2.14. The van der Waals surface area contributed by atoms with E-state index < -0.39 is 0 Å². The van der Waals surface area contributed by atoms with Crippen LogP contribution in [0.3, 0.4) is 0 Å². The summed E-state index contributed by atoms with van der Waals surface area (Å²) in [7, 11) is 4.08. The molecule has 2 nitrogen and oxygen atoms in total. The first kappa shape index (κ1) is 20.0. The van der Waals surface area contributed by atoms with Gasteiger partial charge in [0, 0.05) is 37.1 Å². The molecular weight excluding hydrogens is 371 g/mol. The highest BCUT2D eigenvalue weighted by atomic mass is 19.1. The van der Waals surface area contributed by atoms with Crippen LogP contribution in [0.1, 0.15) is 25.3 Å². The fourth-order valence-electron chi connectivity index (χ4n) is 3.77. The van der Waals surface area contributed by atoms with Crippen molar-refractivity contribution in [2.75, 3.05) is 19.0 Å². The molecular formula is C27H27FN2. The maximum absolute atomic E-state index is 13.5. The van der Waals surface area contributed by atoms with Gasteiger partial charge in [-0.15, -0.1) is 0 Å². The van der Waals surface area contributed by atoms with E-state index in [4.69, 9.17) is 0 Å². The topological polar surface area (TPSA) is 19.0 Å². The Hall–Kier alpha value is -3.33. The van der Waals surface area contributed by atoms with E-state index in [-0.39, 0.29) is 5.82 Å². The summed E-state index contributed by atoms with van der Waals surface area (Å²) in [5.74, 6) is 0.261. The minimum atomic E-state index is -0.225. The Morgan fingerprint density at radius 1 is 0.733 bits per heavy atom. The van der Waals surface area contributed by atoms with Crippen molar-refractivity contribution < 1.29 is 4.39 Å². The third-order valence-corrected chi connectivity index (χ3v) is 5.57. The molecule has 0 radical (unpaired) electrons. The van der Waals surface area contributed by atoms with Gasteiger partial charge >= 0.3 is 0 Å². The molecule has 0 aliphatic heterocycles. The van der Waals surface area contributed by atoms with Crippen molar-refractivity contribution in [1.82, 2.24) is 4.98 Å². The summed E-state index contributed by atoms with van der Waals surface area (Å²) in [6.45, 7) is 4.40. The summed E-state index contributed by atoms with van der Waals surface area (Å²) in [5, 5.41) is 0.